The third-order valence-corrected chi connectivity index (χ3v) is 11.5. The lowest BCUT2D eigenvalue weighted by atomic mass is 9.93. The van der Waals surface area contributed by atoms with Crippen LogP contribution in [0.1, 0.15) is 39.5 Å². The van der Waals surface area contributed by atoms with E-state index in [4.69, 9.17) is 9.47 Å². The van der Waals surface area contributed by atoms with Crippen LogP contribution in [-0.2, 0) is 23.6 Å². The van der Waals surface area contributed by atoms with Crippen LogP contribution < -0.4 is 10.6 Å². The van der Waals surface area contributed by atoms with Gasteiger partial charge in [-0.1, -0.05) is 24.3 Å². The number of ether oxygens (including phenoxy) is 2. The molecule has 2 saturated heterocycles. The van der Waals surface area contributed by atoms with E-state index >= 15 is 0 Å². The maximum atomic E-state index is 5.88. The van der Waals surface area contributed by atoms with Crippen molar-refractivity contribution >= 4 is 55.2 Å². The minimum absolute atomic E-state index is 0.0903. The van der Waals surface area contributed by atoms with Crippen LogP contribution in [0.2, 0.25) is 0 Å². The van der Waals surface area contributed by atoms with E-state index in [1.807, 2.05) is 0 Å². The fraction of sp³-hybridized carbons (Fsp3) is 0.319. The summed E-state index contributed by atoms with van der Waals surface area (Å²) in [5, 5.41) is 9.82. The Bertz CT molecular complexity index is 2690. The van der Waals surface area contributed by atoms with Gasteiger partial charge in [-0.05, 0) is 116 Å². The highest BCUT2D eigenvalue weighted by Crippen LogP contribution is 2.35. The van der Waals surface area contributed by atoms with E-state index in [2.05, 4.69) is 153 Å². The monoisotopic (exact) mass is 758 g/mol. The summed E-state index contributed by atoms with van der Waals surface area (Å²) < 4.78 is 15.8. The first kappa shape index (κ1) is 36.8. The average Bonchev–Trinajstić information content (AvgIpc) is 3.80. The van der Waals surface area contributed by atoms with Crippen LogP contribution in [0, 0.1) is 5.92 Å². The van der Waals surface area contributed by atoms with Crippen LogP contribution in [0.15, 0.2) is 110 Å². The zero-order valence-corrected chi connectivity index (χ0v) is 33.2. The molecule has 10 heteroatoms. The molecule has 6 heterocycles. The maximum Gasteiger partial charge on any atom is 0.0966 e. The van der Waals surface area contributed by atoms with Crippen molar-refractivity contribution in [3.05, 3.63) is 110 Å². The van der Waals surface area contributed by atoms with Gasteiger partial charge in [-0.3, -0.25) is 19.9 Å². The fourth-order valence-electron chi connectivity index (χ4n) is 8.46. The predicted octanol–water partition coefficient (Wildman–Crippen LogP) is 9.78. The van der Waals surface area contributed by atoms with Gasteiger partial charge in [0.25, 0.3) is 0 Å². The van der Waals surface area contributed by atoms with Crippen molar-refractivity contribution < 1.29 is 9.47 Å². The van der Waals surface area contributed by atoms with Crippen molar-refractivity contribution in [3.63, 3.8) is 0 Å². The van der Waals surface area contributed by atoms with E-state index in [9.17, 15) is 0 Å². The Morgan fingerprint density at radius 2 is 1.28 bits per heavy atom. The molecule has 2 atom stereocenters. The number of anilines is 2. The molecule has 0 aliphatic carbocycles. The lowest BCUT2D eigenvalue weighted by Crippen LogP contribution is -2.40. The highest BCUT2D eigenvalue weighted by Gasteiger charge is 2.29. The molecule has 57 heavy (non-hydrogen) atoms. The van der Waals surface area contributed by atoms with Crippen molar-refractivity contribution in [2.45, 2.75) is 51.2 Å². The first-order valence-electron chi connectivity index (χ1n) is 20.1. The minimum Gasteiger partial charge on any atom is -0.385 e. The molecule has 4 aromatic heterocycles. The normalized spacial score (nSPS) is 18.1. The Kier molecular flexibility index (Phi) is 10.1. The number of fused-ring (bicyclic) bond motifs is 4. The lowest BCUT2D eigenvalue weighted by Gasteiger charge is -2.36. The van der Waals surface area contributed by atoms with Gasteiger partial charge in [0.1, 0.15) is 0 Å². The summed E-state index contributed by atoms with van der Waals surface area (Å²) in [5.74, 6) is 0.564. The molecular formula is C47H50N8O2. The summed E-state index contributed by atoms with van der Waals surface area (Å²) in [6.45, 7) is 7.77. The number of aromatic nitrogens is 6. The smallest absolute Gasteiger partial charge is 0.0966 e. The Balaban J connectivity index is 0.000000148. The second-order valence-corrected chi connectivity index (χ2v) is 16.2. The minimum atomic E-state index is -0.0903. The number of nitrogens with zero attached hydrogens (tertiary/aromatic N) is 6. The van der Waals surface area contributed by atoms with Crippen molar-refractivity contribution in [2.75, 3.05) is 37.0 Å². The Morgan fingerprint density at radius 3 is 1.88 bits per heavy atom. The summed E-state index contributed by atoms with van der Waals surface area (Å²) in [5.41, 5.74) is 12.7. The SMILES string of the molecule is Cn1ccc2ccc(-c3cc(NC4CCOC(C)(C)C4)cc4nccnc34)cc21.Cn1ccc2ccc(-c3cc(NCC4CCCOC4)cc4nccnc34)cc21. The van der Waals surface area contributed by atoms with Crippen molar-refractivity contribution in [2.24, 2.45) is 20.0 Å². The molecule has 2 fully saturated rings. The molecule has 0 bridgehead atoms. The first-order valence-corrected chi connectivity index (χ1v) is 20.1. The van der Waals surface area contributed by atoms with Gasteiger partial charge in [0.2, 0.25) is 0 Å². The van der Waals surface area contributed by atoms with Gasteiger partial charge in [-0.15, -0.1) is 0 Å². The van der Waals surface area contributed by atoms with E-state index < -0.39 is 0 Å². The molecule has 10 rings (SSSR count). The molecule has 2 aliphatic heterocycles. The molecule has 290 valence electrons. The van der Waals surface area contributed by atoms with E-state index in [0.29, 0.717) is 12.0 Å². The summed E-state index contributed by atoms with van der Waals surface area (Å²) in [4.78, 5) is 18.4. The predicted molar refractivity (Wildman–Crippen MR) is 232 cm³/mol. The van der Waals surface area contributed by atoms with Gasteiger partial charge in [-0.2, -0.15) is 0 Å². The summed E-state index contributed by atoms with van der Waals surface area (Å²) in [6.07, 6.45) is 15.6. The number of hydrogen-bond donors (Lipinski definition) is 2. The van der Waals surface area contributed by atoms with E-state index in [1.165, 1.54) is 28.2 Å². The Labute approximate surface area is 333 Å². The molecule has 0 saturated carbocycles. The molecule has 10 nitrogen and oxygen atoms in total. The van der Waals surface area contributed by atoms with Crippen molar-refractivity contribution in [3.8, 4) is 22.3 Å². The van der Waals surface area contributed by atoms with E-state index in [-0.39, 0.29) is 5.60 Å². The summed E-state index contributed by atoms with van der Waals surface area (Å²) in [6, 6.07) is 26.4. The topological polar surface area (TPSA) is 104 Å². The van der Waals surface area contributed by atoms with Gasteiger partial charge < -0.3 is 29.2 Å². The molecule has 0 spiro atoms. The first-order chi connectivity index (χ1) is 27.8. The number of hydrogen-bond acceptors (Lipinski definition) is 8. The maximum absolute atomic E-state index is 5.88. The third-order valence-electron chi connectivity index (χ3n) is 11.5. The lowest BCUT2D eigenvalue weighted by molar-refractivity contribution is -0.0553. The molecule has 2 aliphatic rings. The molecule has 4 aromatic carbocycles. The van der Waals surface area contributed by atoms with E-state index in [1.54, 1.807) is 24.8 Å². The van der Waals surface area contributed by atoms with Crippen molar-refractivity contribution in [1.82, 2.24) is 29.1 Å². The molecule has 8 aromatic rings. The van der Waals surface area contributed by atoms with Gasteiger partial charge in [0.05, 0.1) is 34.3 Å². The van der Waals surface area contributed by atoms with E-state index in [0.717, 1.165) is 101 Å². The number of benzene rings is 4. The van der Waals surface area contributed by atoms with Gasteiger partial charge >= 0.3 is 0 Å². The Morgan fingerprint density at radius 1 is 0.684 bits per heavy atom. The molecule has 0 radical (unpaired) electrons. The molecule has 2 unspecified atom stereocenters. The van der Waals surface area contributed by atoms with Gasteiger partial charge in [0, 0.05) is 111 Å². The van der Waals surface area contributed by atoms with Gasteiger partial charge in [0.15, 0.2) is 0 Å². The molecule has 2 N–H and O–H groups in total. The van der Waals surface area contributed by atoms with Crippen LogP contribution in [0.3, 0.4) is 0 Å². The van der Waals surface area contributed by atoms with Crippen LogP contribution in [-0.4, -0.2) is 67.1 Å². The molecule has 0 amide bonds. The van der Waals surface area contributed by atoms with Crippen LogP contribution in [0.4, 0.5) is 11.4 Å². The average molecular weight is 759 g/mol. The highest BCUT2D eigenvalue weighted by molar-refractivity contribution is 5.98. The Hall–Kier alpha value is -5.84. The number of aryl methyl sites for hydroxylation is 2. The van der Waals surface area contributed by atoms with Crippen LogP contribution in [0.5, 0.6) is 0 Å². The highest BCUT2D eigenvalue weighted by atomic mass is 16.5. The van der Waals surface area contributed by atoms with Crippen molar-refractivity contribution in [1.29, 1.82) is 0 Å². The van der Waals surface area contributed by atoms with Crippen LogP contribution >= 0.6 is 0 Å². The zero-order chi connectivity index (χ0) is 38.9. The number of rotatable bonds is 7. The fourth-order valence-corrected chi connectivity index (χ4v) is 8.46. The summed E-state index contributed by atoms with van der Waals surface area (Å²) in [7, 11) is 4.16. The second kappa shape index (κ2) is 15.6. The van der Waals surface area contributed by atoms with Gasteiger partial charge in [-0.25, -0.2) is 0 Å². The zero-order valence-electron chi connectivity index (χ0n) is 33.2. The standard InChI is InChI=1S/C24H26N4O.C23H24N4O/c1-24(2)15-18(7-11-29-24)27-19-13-20(23-21(14-19)25-8-9-26-23)17-5-4-16-6-10-28(3)22(16)12-17;1-27-9-6-17-4-5-18(11-22(17)27)20-12-19(13-21-23(20)25-8-7-24-21)26-14-16-3-2-10-28-15-16/h4-6,8-10,12-14,18,27H,7,11,15H2,1-3H3;4-9,11-13,16,26H,2-3,10,14-15H2,1H3. The third kappa shape index (κ3) is 7.93. The van der Waals surface area contributed by atoms with Crippen LogP contribution in [0.25, 0.3) is 66.1 Å². The molecular weight excluding hydrogens is 709 g/mol. The second-order valence-electron chi connectivity index (χ2n) is 16.2. The summed E-state index contributed by atoms with van der Waals surface area (Å²) >= 11 is 0. The number of nitrogens with one attached hydrogen (secondary N) is 2. The quantitative estimate of drug-likeness (QED) is 0.166. The largest absolute Gasteiger partial charge is 0.385 e.